The number of benzene rings is 2. The van der Waals surface area contributed by atoms with E-state index in [1.807, 2.05) is 44.2 Å². The fourth-order valence-corrected chi connectivity index (χ4v) is 2.45. The molecule has 2 aromatic carbocycles. The molecule has 3 nitrogen and oxygen atoms in total. The molecule has 1 heterocycles. The van der Waals surface area contributed by atoms with E-state index in [-0.39, 0.29) is 12.4 Å². The van der Waals surface area contributed by atoms with Crippen molar-refractivity contribution < 1.29 is 9.50 Å². The van der Waals surface area contributed by atoms with Crippen LogP contribution in [0.3, 0.4) is 0 Å². The van der Waals surface area contributed by atoms with Gasteiger partial charge in [0.25, 0.3) is 0 Å². The van der Waals surface area contributed by atoms with Crippen LogP contribution < -0.4 is 5.32 Å². The fourth-order valence-electron chi connectivity index (χ4n) is 2.45. The first kappa shape index (κ1) is 15.4. The summed E-state index contributed by atoms with van der Waals surface area (Å²) in [7, 11) is 0. The average molecular weight is 310 g/mol. The lowest BCUT2D eigenvalue weighted by Crippen LogP contribution is -2.35. The van der Waals surface area contributed by atoms with Crippen molar-refractivity contribution in [3.05, 3.63) is 60.4 Å². The third-order valence-electron chi connectivity index (χ3n) is 3.72. The van der Waals surface area contributed by atoms with Crippen LogP contribution in [0, 0.1) is 5.82 Å². The van der Waals surface area contributed by atoms with Crippen molar-refractivity contribution >= 4 is 16.6 Å². The van der Waals surface area contributed by atoms with E-state index in [0.717, 1.165) is 27.8 Å². The number of fused-ring (bicyclic) bond motifs is 1. The SMILES string of the molecule is CC(C)(CO)Nc1cc(-c2ccc(F)cc2)nc2ccccc12. The minimum absolute atomic E-state index is 0.00946. The molecule has 0 spiro atoms. The Labute approximate surface area is 134 Å². The van der Waals surface area contributed by atoms with Crippen LogP contribution in [0.4, 0.5) is 10.1 Å². The van der Waals surface area contributed by atoms with Gasteiger partial charge in [0.1, 0.15) is 5.82 Å². The third-order valence-corrected chi connectivity index (χ3v) is 3.72. The summed E-state index contributed by atoms with van der Waals surface area (Å²) in [6, 6.07) is 16.1. The van der Waals surface area contributed by atoms with Crippen LogP contribution in [0.1, 0.15) is 13.8 Å². The largest absolute Gasteiger partial charge is 0.394 e. The minimum Gasteiger partial charge on any atom is -0.394 e. The van der Waals surface area contributed by atoms with Crippen molar-refractivity contribution in [2.24, 2.45) is 0 Å². The van der Waals surface area contributed by atoms with Crippen LogP contribution in [0.5, 0.6) is 0 Å². The maximum atomic E-state index is 13.1. The van der Waals surface area contributed by atoms with Gasteiger partial charge < -0.3 is 10.4 Å². The zero-order valence-corrected chi connectivity index (χ0v) is 13.2. The number of nitrogens with one attached hydrogen (secondary N) is 1. The van der Waals surface area contributed by atoms with Crippen molar-refractivity contribution in [2.75, 3.05) is 11.9 Å². The van der Waals surface area contributed by atoms with Crippen molar-refractivity contribution in [2.45, 2.75) is 19.4 Å². The predicted molar refractivity (Wildman–Crippen MR) is 91.9 cm³/mol. The molecule has 3 aromatic rings. The van der Waals surface area contributed by atoms with Gasteiger partial charge in [-0.1, -0.05) is 18.2 Å². The summed E-state index contributed by atoms with van der Waals surface area (Å²) in [5.41, 5.74) is 2.91. The number of aliphatic hydroxyl groups excluding tert-OH is 1. The van der Waals surface area contributed by atoms with E-state index in [0.29, 0.717) is 0 Å². The molecular formula is C19H19FN2O. The van der Waals surface area contributed by atoms with E-state index in [1.165, 1.54) is 12.1 Å². The van der Waals surface area contributed by atoms with Crippen molar-refractivity contribution in [3.63, 3.8) is 0 Å². The number of hydrogen-bond donors (Lipinski definition) is 2. The summed E-state index contributed by atoms with van der Waals surface area (Å²) in [6.07, 6.45) is 0. The fraction of sp³-hybridized carbons (Fsp3) is 0.211. The third kappa shape index (κ3) is 3.32. The first-order valence-corrected chi connectivity index (χ1v) is 7.53. The Morgan fingerprint density at radius 3 is 2.48 bits per heavy atom. The van der Waals surface area contributed by atoms with Crippen LogP contribution in [-0.4, -0.2) is 22.2 Å². The highest BCUT2D eigenvalue weighted by Crippen LogP contribution is 2.30. The van der Waals surface area contributed by atoms with Gasteiger partial charge in [-0.3, -0.25) is 0 Å². The summed E-state index contributed by atoms with van der Waals surface area (Å²) in [5.74, 6) is -0.269. The molecule has 0 saturated carbocycles. The Morgan fingerprint density at radius 1 is 1.09 bits per heavy atom. The molecule has 1 aromatic heterocycles. The second-order valence-corrected chi connectivity index (χ2v) is 6.25. The van der Waals surface area contributed by atoms with Gasteiger partial charge in [-0.05, 0) is 50.2 Å². The van der Waals surface area contributed by atoms with Crippen LogP contribution in [0.15, 0.2) is 54.6 Å². The molecule has 2 N–H and O–H groups in total. The van der Waals surface area contributed by atoms with E-state index in [2.05, 4.69) is 10.3 Å². The molecular weight excluding hydrogens is 291 g/mol. The lowest BCUT2D eigenvalue weighted by Gasteiger charge is -2.26. The lowest BCUT2D eigenvalue weighted by molar-refractivity contribution is 0.234. The van der Waals surface area contributed by atoms with Crippen LogP contribution >= 0.6 is 0 Å². The van der Waals surface area contributed by atoms with Gasteiger partial charge in [0, 0.05) is 16.6 Å². The molecule has 0 bridgehead atoms. The summed E-state index contributed by atoms with van der Waals surface area (Å²) < 4.78 is 13.1. The maximum Gasteiger partial charge on any atom is 0.123 e. The number of anilines is 1. The van der Waals surface area contributed by atoms with Gasteiger partial charge in [-0.2, -0.15) is 0 Å². The Balaban J connectivity index is 2.15. The van der Waals surface area contributed by atoms with Gasteiger partial charge in [-0.25, -0.2) is 9.37 Å². The van der Waals surface area contributed by atoms with Gasteiger partial charge in [0.15, 0.2) is 0 Å². The van der Waals surface area contributed by atoms with E-state index in [4.69, 9.17) is 0 Å². The van der Waals surface area contributed by atoms with Crippen molar-refractivity contribution in [1.82, 2.24) is 4.98 Å². The molecule has 0 aliphatic carbocycles. The molecule has 0 radical (unpaired) electrons. The van der Waals surface area contributed by atoms with Crippen LogP contribution in [0.2, 0.25) is 0 Å². The molecule has 23 heavy (non-hydrogen) atoms. The summed E-state index contributed by atoms with van der Waals surface area (Å²) in [6.45, 7) is 3.87. The van der Waals surface area contributed by atoms with Gasteiger partial charge in [-0.15, -0.1) is 0 Å². The van der Waals surface area contributed by atoms with E-state index in [1.54, 1.807) is 12.1 Å². The monoisotopic (exact) mass is 310 g/mol. The van der Waals surface area contributed by atoms with E-state index >= 15 is 0 Å². The number of rotatable bonds is 4. The Bertz CT molecular complexity index is 828. The molecule has 4 heteroatoms. The molecule has 118 valence electrons. The lowest BCUT2D eigenvalue weighted by atomic mass is 10.0. The number of aromatic nitrogens is 1. The van der Waals surface area contributed by atoms with Crippen molar-refractivity contribution in [3.8, 4) is 11.3 Å². The predicted octanol–water partition coefficient (Wildman–Crippen LogP) is 4.22. The summed E-state index contributed by atoms with van der Waals surface area (Å²) >= 11 is 0. The molecule has 0 aliphatic heterocycles. The van der Waals surface area contributed by atoms with Crippen LogP contribution in [0.25, 0.3) is 22.2 Å². The highest BCUT2D eigenvalue weighted by Gasteiger charge is 2.18. The maximum absolute atomic E-state index is 13.1. The van der Waals surface area contributed by atoms with Crippen LogP contribution in [-0.2, 0) is 0 Å². The highest BCUT2D eigenvalue weighted by molar-refractivity contribution is 5.94. The van der Waals surface area contributed by atoms with Gasteiger partial charge >= 0.3 is 0 Å². The van der Waals surface area contributed by atoms with Crippen molar-refractivity contribution in [1.29, 1.82) is 0 Å². The normalized spacial score (nSPS) is 11.7. The second kappa shape index (κ2) is 5.97. The summed E-state index contributed by atoms with van der Waals surface area (Å²) in [5, 5.41) is 13.9. The van der Waals surface area contributed by atoms with Gasteiger partial charge in [0.05, 0.1) is 23.4 Å². The molecule has 3 rings (SSSR count). The smallest absolute Gasteiger partial charge is 0.123 e. The first-order chi connectivity index (χ1) is 11.0. The Kier molecular flexibility index (Phi) is 4.01. The summed E-state index contributed by atoms with van der Waals surface area (Å²) in [4.78, 5) is 4.67. The molecule has 0 unspecified atom stereocenters. The topological polar surface area (TPSA) is 45.1 Å². The second-order valence-electron chi connectivity index (χ2n) is 6.25. The molecule has 0 atom stereocenters. The number of halogens is 1. The number of aliphatic hydroxyl groups is 1. The minimum atomic E-state index is -0.454. The molecule has 0 aliphatic rings. The number of hydrogen-bond acceptors (Lipinski definition) is 3. The quantitative estimate of drug-likeness (QED) is 0.758. The number of pyridine rings is 1. The first-order valence-electron chi connectivity index (χ1n) is 7.53. The average Bonchev–Trinajstić information content (AvgIpc) is 2.55. The van der Waals surface area contributed by atoms with E-state index < -0.39 is 5.54 Å². The number of nitrogens with zero attached hydrogens (tertiary/aromatic N) is 1. The Morgan fingerprint density at radius 2 is 1.78 bits per heavy atom. The highest BCUT2D eigenvalue weighted by atomic mass is 19.1. The zero-order chi connectivity index (χ0) is 16.4. The van der Waals surface area contributed by atoms with E-state index in [9.17, 15) is 9.50 Å². The van der Waals surface area contributed by atoms with Gasteiger partial charge in [0.2, 0.25) is 0 Å². The standard InChI is InChI=1S/C19H19FN2O/c1-19(2,12-23)22-18-11-17(13-7-9-14(20)10-8-13)21-16-6-4-3-5-15(16)18/h3-11,23H,12H2,1-2H3,(H,21,22). The number of para-hydroxylation sites is 1. The zero-order valence-electron chi connectivity index (χ0n) is 13.2. The molecule has 0 saturated heterocycles. The molecule has 0 fully saturated rings. The Hall–Kier alpha value is -2.46. The molecule has 0 amide bonds.